The van der Waals surface area contributed by atoms with Crippen molar-refractivity contribution in [1.29, 1.82) is 0 Å². The van der Waals surface area contributed by atoms with E-state index < -0.39 is 0 Å². The van der Waals surface area contributed by atoms with E-state index in [1.807, 2.05) is 0 Å². The molecule has 6 nitrogen and oxygen atoms in total. The van der Waals surface area contributed by atoms with Crippen LogP contribution in [0.25, 0.3) is 0 Å². The zero-order valence-electron chi connectivity index (χ0n) is 10.9. The summed E-state index contributed by atoms with van der Waals surface area (Å²) >= 11 is 5.88. The average Bonchev–Trinajstić information content (AvgIpc) is 2.48. The lowest BCUT2D eigenvalue weighted by molar-refractivity contribution is 0.102. The van der Waals surface area contributed by atoms with E-state index >= 15 is 0 Å². The van der Waals surface area contributed by atoms with Crippen LogP contribution in [0, 0.1) is 0 Å². The Bertz CT molecular complexity index is 617. The molecule has 0 saturated heterocycles. The van der Waals surface area contributed by atoms with Crippen molar-refractivity contribution >= 4 is 23.2 Å². The van der Waals surface area contributed by atoms with Gasteiger partial charge in [-0.05, 0) is 18.2 Å². The number of anilines is 1. The van der Waals surface area contributed by atoms with Crippen molar-refractivity contribution in [2.75, 3.05) is 19.5 Å². The Morgan fingerprint density at radius 1 is 1.20 bits per heavy atom. The van der Waals surface area contributed by atoms with Crippen molar-refractivity contribution in [2.24, 2.45) is 0 Å². The van der Waals surface area contributed by atoms with Crippen molar-refractivity contribution in [1.82, 2.24) is 9.97 Å². The van der Waals surface area contributed by atoms with Crippen molar-refractivity contribution in [2.45, 2.75) is 0 Å². The predicted molar refractivity (Wildman–Crippen MR) is 74.5 cm³/mol. The van der Waals surface area contributed by atoms with Gasteiger partial charge in [0.15, 0.2) is 0 Å². The van der Waals surface area contributed by atoms with Gasteiger partial charge in [0.05, 0.1) is 37.9 Å². The lowest BCUT2D eigenvalue weighted by Crippen LogP contribution is -2.13. The van der Waals surface area contributed by atoms with E-state index in [1.54, 1.807) is 12.1 Å². The molecule has 20 heavy (non-hydrogen) atoms. The number of rotatable bonds is 4. The highest BCUT2D eigenvalue weighted by molar-refractivity contribution is 6.31. The SMILES string of the molecule is COc1ncc(NC(=O)c2cc(Cl)ccc2OC)cn1. The molecule has 104 valence electrons. The summed E-state index contributed by atoms with van der Waals surface area (Å²) in [5, 5.41) is 3.10. The van der Waals surface area contributed by atoms with E-state index in [9.17, 15) is 4.79 Å². The standard InChI is InChI=1S/C13H12ClN3O3/c1-19-11-4-3-8(14)5-10(11)12(18)17-9-6-15-13(20-2)16-7-9/h3-7H,1-2H3,(H,17,18). The number of hydrogen-bond donors (Lipinski definition) is 1. The predicted octanol–water partition coefficient (Wildman–Crippen LogP) is 2.40. The topological polar surface area (TPSA) is 73.3 Å². The molecule has 1 aromatic carbocycles. The first kappa shape index (κ1) is 14.1. The van der Waals surface area contributed by atoms with Gasteiger partial charge in [-0.2, -0.15) is 0 Å². The van der Waals surface area contributed by atoms with Crippen LogP contribution in [0.1, 0.15) is 10.4 Å². The van der Waals surface area contributed by atoms with E-state index in [4.69, 9.17) is 21.1 Å². The summed E-state index contributed by atoms with van der Waals surface area (Å²) in [6.07, 6.45) is 2.89. The van der Waals surface area contributed by atoms with Gasteiger partial charge < -0.3 is 14.8 Å². The van der Waals surface area contributed by atoms with Crippen LogP contribution in [-0.2, 0) is 0 Å². The maximum Gasteiger partial charge on any atom is 0.316 e. The molecule has 0 aliphatic rings. The quantitative estimate of drug-likeness (QED) is 0.937. The third-order valence-electron chi connectivity index (χ3n) is 2.47. The molecule has 0 radical (unpaired) electrons. The molecule has 0 atom stereocenters. The van der Waals surface area contributed by atoms with Crippen LogP contribution in [0.3, 0.4) is 0 Å². The second kappa shape index (κ2) is 6.21. The summed E-state index contributed by atoms with van der Waals surface area (Å²) in [5.74, 6) is 0.0689. The number of methoxy groups -OCH3 is 2. The minimum absolute atomic E-state index is 0.225. The van der Waals surface area contributed by atoms with E-state index in [0.29, 0.717) is 22.0 Å². The molecule has 1 aromatic heterocycles. The average molecular weight is 294 g/mol. The van der Waals surface area contributed by atoms with Gasteiger partial charge in [-0.25, -0.2) is 9.97 Å². The molecule has 1 heterocycles. The molecular formula is C13H12ClN3O3. The number of carbonyl (C=O) groups is 1. The van der Waals surface area contributed by atoms with Crippen LogP contribution < -0.4 is 14.8 Å². The van der Waals surface area contributed by atoms with Crippen LogP contribution in [0.2, 0.25) is 5.02 Å². The number of nitrogens with one attached hydrogen (secondary N) is 1. The Balaban J connectivity index is 2.20. The molecule has 0 spiro atoms. The number of amides is 1. The first-order chi connectivity index (χ1) is 9.63. The lowest BCUT2D eigenvalue weighted by Gasteiger charge is -2.09. The fourth-order valence-corrected chi connectivity index (χ4v) is 1.71. The molecule has 0 saturated carbocycles. The van der Waals surface area contributed by atoms with Gasteiger partial charge in [-0.15, -0.1) is 0 Å². The minimum Gasteiger partial charge on any atom is -0.496 e. The molecule has 0 aliphatic heterocycles. The lowest BCUT2D eigenvalue weighted by atomic mass is 10.2. The van der Waals surface area contributed by atoms with Gasteiger partial charge in [0, 0.05) is 5.02 Å². The number of halogens is 1. The Labute approximate surface area is 120 Å². The third-order valence-corrected chi connectivity index (χ3v) is 2.71. The maximum absolute atomic E-state index is 12.2. The zero-order valence-corrected chi connectivity index (χ0v) is 11.6. The molecule has 0 aliphatic carbocycles. The second-order valence-electron chi connectivity index (χ2n) is 3.76. The van der Waals surface area contributed by atoms with Crippen molar-refractivity contribution in [3.8, 4) is 11.8 Å². The summed E-state index contributed by atoms with van der Waals surface area (Å²) < 4.78 is 9.96. The molecule has 0 fully saturated rings. The summed E-state index contributed by atoms with van der Waals surface area (Å²) in [7, 11) is 2.95. The van der Waals surface area contributed by atoms with Gasteiger partial charge in [-0.1, -0.05) is 11.6 Å². The smallest absolute Gasteiger partial charge is 0.316 e. The van der Waals surface area contributed by atoms with Gasteiger partial charge >= 0.3 is 6.01 Å². The Kier molecular flexibility index (Phi) is 4.37. The number of benzene rings is 1. The number of carbonyl (C=O) groups excluding carboxylic acids is 1. The first-order valence-electron chi connectivity index (χ1n) is 5.65. The van der Waals surface area contributed by atoms with Gasteiger partial charge in [0.1, 0.15) is 5.75 Å². The van der Waals surface area contributed by atoms with Crippen molar-refractivity contribution in [3.05, 3.63) is 41.2 Å². The fourth-order valence-electron chi connectivity index (χ4n) is 1.54. The molecule has 0 unspecified atom stereocenters. The number of hydrogen-bond acceptors (Lipinski definition) is 5. The highest BCUT2D eigenvalue weighted by Gasteiger charge is 2.13. The van der Waals surface area contributed by atoms with E-state index in [1.165, 1.54) is 32.7 Å². The van der Waals surface area contributed by atoms with Crippen LogP contribution >= 0.6 is 11.6 Å². The number of nitrogens with zero attached hydrogens (tertiary/aromatic N) is 2. The summed E-state index contributed by atoms with van der Waals surface area (Å²) in [6.45, 7) is 0. The molecule has 1 amide bonds. The fraction of sp³-hybridized carbons (Fsp3) is 0.154. The van der Waals surface area contributed by atoms with Crippen molar-refractivity contribution in [3.63, 3.8) is 0 Å². The first-order valence-corrected chi connectivity index (χ1v) is 6.02. The minimum atomic E-state index is -0.363. The van der Waals surface area contributed by atoms with E-state index in [0.717, 1.165) is 0 Å². The highest BCUT2D eigenvalue weighted by Crippen LogP contribution is 2.23. The van der Waals surface area contributed by atoms with Gasteiger partial charge in [-0.3, -0.25) is 4.79 Å². The van der Waals surface area contributed by atoms with Crippen LogP contribution in [0.5, 0.6) is 11.8 Å². The molecule has 2 rings (SSSR count). The third kappa shape index (κ3) is 3.16. The van der Waals surface area contributed by atoms with E-state index in [-0.39, 0.29) is 11.9 Å². The number of aromatic nitrogens is 2. The van der Waals surface area contributed by atoms with Crippen LogP contribution in [0.4, 0.5) is 5.69 Å². The van der Waals surface area contributed by atoms with Crippen LogP contribution in [-0.4, -0.2) is 30.1 Å². The van der Waals surface area contributed by atoms with E-state index in [2.05, 4.69) is 15.3 Å². The summed E-state index contributed by atoms with van der Waals surface area (Å²) in [5.41, 5.74) is 0.772. The molecule has 1 N–H and O–H groups in total. The zero-order chi connectivity index (χ0) is 14.5. The molecule has 2 aromatic rings. The second-order valence-corrected chi connectivity index (χ2v) is 4.19. The van der Waals surface area contributed by atoms with Crippen LogP contribution in [0.15, 0.2) is 30.6 Å². The summed E-state index contributed by atoms with van der Waals surface area (Å²) in [6, 6.07) is 5.03. The van der Waals surface area contributed by atoms with Gasteiger partial charge in [0.2, 0.25) is 0 Å². The maximum atomic E-state index is 12.2. The molecular weight excluding hydrogens is 282 g/mol. The molecule has 0 bridgehead atoms. The Morgan fingerprint density at radius 3 is 2.50 bits per heavy atom. The van der Waals surface area contributed by atoms with Gasteiger partial charge in [0.25, 0.3) is 5.91 Å². The normalized spacial score (nSPS) is 9.95. The van der Waals surface area contributed by atoms with Crippen molar-refractivity contribution < 1.29 is 14.3 Å². The number of ether oxygens (including phenoxy) is 2. The highest BCUT2D eigenvalue weighted by atomic mass is 35.5. The monoisotopic (exact) mass is 293 g/mol. The Hall–Kier alpha value is -2.34. The Morgan fingerprint density at radius 2 is 1.90 bits per heavy atom. The largest absolute Gasteiger partial charge is 0.496 e. The summed E-state index contributed by atoms with van der Waals surface area (Å²) in [4.78, 5) is 20.0. The molecule has 7 heteroatoms.